The van der Waals surface area contributed by atoms with Gasteiger partial charge in [-0.1, -0.05) is 12.1 Å². The molecule has 3 heteroatoms. The molecule has 2 aromatic rings. The van der Waals surface area contributed by atoms with E-state index in [-0.39, 0.29) is 0 Å². The van der Waals surface area contributed by atoms with Crippen molar-refractivity contribution >= 4 is 11.4 Å². The monoisotopic (exact) mass is 241 g/mol. The molecule has 0 saturated carbocycles. The average molecular weight is 241 g/mol. The van der Waals surface area contributed by atoms with Crippen molar-refractivity contribution in [1.29, 1.82) is 0 Å². The summed E-state index contributed by atoms with van der Waals surface area (Å²) in [4.78, 5) is 6.38. The van der Waals surface area contributed by atoms with Gasteiger partial charge in [-0.15, -0.1) is 0 Å². The fraction of sp³-hybridized carbons (Fsp3) is 0.267. The molecule has 0 aliphatic carbocycles. The summed E-state index contributed by atoms with van der Waals surface area (Å²) in [6.07, 6.45) is 1.91. The molecule has 0 amide bonds. The van der Waals surface area contributed by atoms with E-state index >= 15 is 0 Å². The molecule has 1 N–H and O–H groups in total. The number of nitrogens with one attached hydrogen (secondary N) is 1. The molecule has 0 fully saturated rings. The van der Waals surface area contributed by atoms with Crippen molar-refractivity contribution in [3.05, 3.63) is 53.9 Å². The van der Waals surface area contributed by atoms with Crippen LogP contribution in [-0.4, -0.2) is 19.1 Å². The molecule has 0 atom stereocenters. The fourth-order valence-electron chi connectivity index (χ4n) is 1.70. The second-order valence-corrected chi connectivity index (χ2v) is 4.61. The Hall–Kier alpha value is -2.03. The van der Waals surface area contributed by atoms with Crippen LogP contribution in [0.4, 0.5) is 11.4 Å². The molecule has 0 saturated heterocycles. The van der Waals surface area contributed by atoms with Gasteiger partial charge in [-0.25, -0.2) is 0 Å². The predicted octanol–water partition coefficient (Wildman–Crippen LogP) is 3.07. The second-order valence-electron chi connectivity index (χ2n) is 4.61. The predicted molar refractivity (Wildman–Crippen MR) is 77.1 cm³/mol. The third kappa shape index (κ3) is 3.23. The lowest BCUT2D eigenvalue weighted by atomic mass is 10.2. The first-order valence-electron chi connectivity index (χ1n) is 6.08. The van der Waals surface area contributed by atoms with E-state index in [1.807, 2.05) is 33.3 Å². The normalized spacial score (nSPS) is 10.2. The smallest absolute Gasteiger partial charge is 0.0416 e. The van der Waals surface area contributed by atoms with E-state index in [0.29, 0.717) is 0 Å². The quantitative estimate of drug-likeness (QED) is 0.891. The van der Waals surface area contributed by atoms with Gasteiger partial charge in [-0.3, -0.25) is 4.98 Å². The Kier molecular flexibility index (Phi) is 3.82. The molecule has 0 unspecified atom stereocenters. The van der Waals surface area contributed by atoms with Crippen LogP contribution < -0.4 is 10.2 Å². The van der Waals surface area contributed by atoms with Gasteiger partial charge in [-0.2, -0.15) is 0 Å². The molecular weight excluding hydrogens is 222 g/mol. The Bertz CT molecular complexity index is 503. The molecule has 0 aliphatic rings. The van der Waals surface area contributed by atoms with Crippen molar-refractivity contribution in [1.82, 2.24) is 4.98 Å². The third-order valence-corrected chi connectivity index (χ3v) is 2.83. The highest BCUT2D eigenvalue weighted by atomic mass is 15.1. The number of benzene rings is 1. The minimum Gasteiger partial charge on any atom is -0.381 e. The van der Waals surface area contributed by atoms with Crippen molar-refractivity contribution in [2.24, 2.45) is 0 Å². The van der Waals surface area contributed by atoms with E-state index in [9.17, 15) is 0 Å². The largest absolute Gasteiger partial charge is 0.381 e. The number of rotatable bonds is 4. The SMILES string of the molecule is Cc1ccc(CNc2cccc(N(C)C)c2)cn1. The number of nitrogens with zero attached hydrogens (tertiary/aromatic N) is 2. The first kappa shape index (κ1) is 12.4. The van der Waals surface area contributed by atoms with Gasteiger partial charge < -0.3 is 10.2 Å². The first-order valence-corrected chi connectivity index (χ1v) is 6.08. The molecule has 0 spiro atoms. The van der Waals surface area contributed by atoms with Crippen molar-refractivity contribution in [3.63, 3.8) is 0 Å². The minimum atomic E-state index is 0.796. The summed E-state index contributed by atoms with van der Waals surface area (Å²) in [5, 5.41) is 3.41. The zero-order valence-electron chi connectivity index (χ0n) is 11.1. The highest BCUT2D eigenvalue weighted by Crippen LogP contribution is 2.17. The van der Waals surface area contributed by atoms with Gasteiger partial charge in [0.15, 0.2) is 0 Å². The highest BCUT2D eigenvalue weighted by molar-refractivity contribution is 5.57. The van der Waals surface area contributed by atoms with Crippen LogP contribution in [0.2, 0.25) is 0 Å². The van der Waals surface area contributed by atoms with Gasteiger partial charge in [0.05, 0.1) is 0 Å². The van der Waals surface area contributed by atoms with Crippen molar-refractivity contribution < 1.29 is 0 Å². The van der Waals surface area contributed by atoms with Crippen LogP contribution in [-0.2, 0) is 6.54 Å². The Morgan fingerprint density at radius 1 is 1.17 bits per heavy atom. The molecule has 0 radical (unpaired) electrons. The lowest BCUT2D eigenvalue weighted by molar-refractivity contribution is 1.08. The maximum absolute atomic E-state index is 4.29. The van der Waals surface area contributed by atoms with Crippen molar-refractivity contribution in [2.75, 3.05) is 24.3 Å². The van der Waals surface area contributed by atoms with E-state index in [1.54, 1.807) is 0 Å². The zero-order valence-corrected chi connectivity index (χ0v) is 11.1. The first-order chi connectivity index (χ1) is 8.65. The number of anilines is 2. The van der Waals surface area contributed by atoms with E-state index in [0.717, 1.165) is 17.9 Å². The third-order valence-electron chi connectivity index (χ3n) is 2.83. The van der Waals surface area contributed by atoms with Gasteiger partial charge in [0.2, 0.25) is 0 Å². The van der Waals surface area contributed by atoms with E-state index in [4.69, 9.17) is 0 Å². The maximum Gasteiger partial charge on any atom is 0.0416 e. The summed E-state index contributed by atoms with van der Waals surface area (Å²) >= 11 is 0. The van der Waals surface area contributed by atoms with Crippen LogP contribution in [0.15, 0.2) is 42.6 Å². The summed E-state index contributed by atoms with van der Waals surface area (Å²) in [5.74, 6) is 0. The Morgan fingerprint density at radius 3 is 2.67 bits per heavy atom. The van der Waals surface area contributed by atoms with Gasteiger partial charge in [0.25, 0.3) is 0 Å². The molecule has 1 heterocycles. The topological polar surface area (TPSA) is 28.2 Å². The number of pyridine rings is 1. The van der Waals surface area contributed by atoms with Crippen LogP contribution in [0.3, 0.4) is 0 Å². The van der Waals surface area contributed by atoms with Crippen LogP contribution in [0.1, 0.15) is 11.3 Å². The average Bonchev–Trinajstić information content (AvgIpc) is 2.38. The fourth-order valence-corrected chi connectivity index (χ4v) is 1.70. The summed E-state index contributed by atoms with van der Waals surface area (Å²) in [5.41, 5.74) is 4.56. The molecule has 18 heavy (non-hydrogen) atoms. The lowest BCUT2D eigenvalue weighted by Gasteiger charge is -2.14. The molecule has 1 aromatic carbocycles. The van der Waals surface area contributed by atoms with E-state index < -0.39 is 0 Å². The lowest BCUT2D eigenvalue weighted by Crippen LogP contribution is -2.09. The van der Waals surface area contributed by atoms with Gasteiger partial charge in [0, 0.05) is 43.9 Å². The van der Waals surface area contributed by atoms with E-state index in [2.05, 4.69) is 45.5 Å². The van der Waals surface area contributed by atoms with Gasteiger partial charge >= 0.3 is 0 Å². The summed E-state index contributed by atoms with van der Waals surface area (Å²) in [6, 6.07) is 12.5. The van der Waals surface area contributed by atoms with Crippen LogP contribution in [0.5, 0.6) is 0 Å². The maximum atomic E-state index is 4.29. The van der Waals surface area contributed by atoms with Crippen LogP contribution in [0, 0.1) is 6.92 Å². The Morgan fingerprint density at radius 2 is 2.00 bits per heavy atom. The standard InChI is InChI=1S/C15H19N3/c1-12-7-8-13(10-16-12)11-17-14-5-4-6-15(9-14)18(2)3/h4-10,17H,11H2,1-3H3. The molecular formula is C15H19N3. The minimum absolute atomic E-state index is 0.796. The van der Waals surface area contributed by atoms with Gasteiger partial charge in [0.1, 0.15) is 0 Å². The Labute approximate surface area is 108 Å². The molecule has 2 rings (SSSR count). The second kappa shape index (κ2) is 5.54. The van der Waals surface area contributed by atoms with Gasteiger partial charge in [-0.05, 0) is 36.8 Å². The van der Waals surface area contributed by atoms with Crippen molar-refractivity contribution in [3.8, 4) is 0 Å². The molecule has 1 aromatic heterocycles. The van der Waals surface area contributed by atoms with Crippen LogP contribution >= 0.6 is 0 Å². The number of hydrogen-bond donors (Lipinski definition) is 1. The molecule has 0 bridgehead atoms. The molecule has 94 valence electrons. The van der Waals surface area contributed by atoms with Crippen molar-refractivity contribution in [2.45, 2.75) is 13.5 Å². The highest BCUT2D eigenvalue weighted by Gasteiger charge is 1.98. The summed E-state index contributed by atoms with van der Waals surface area (Å²) in [7, 11) is 4.09. The van der Waals surface area contributed by atoms with Crippen LogP contribution in [0.25, 0.3) is 0 Å². The summed E-state index contributed by atoms with van der Waals surface area (Å²) < 4.78 is 0. The number of aromatic nitrogens is 1. The summed E-state index contributed by atoms with van der Waals surface area (Å²) in [6.45, 7) is 2.79. The Balaban J connectivity index is 2.01. The number of hydrogen-bond acceptors (Lipinski definition) is 3. The zero-order chi connectivity index (χ0) is 13.0. The number of aryl methyl sites for hydroxylation is 1. The molecule has 0 aliphatic heterocycles. The molecule has 3 nitrogen and oxygen atoms in total. The van der Waals surface area contributed by atoms with E-state index in [1.165, 1.54) is 11.3 Å².